The zero-order valence-electron chi connectivity index (χ0n) is 20.3. The van der Waals surface area contributed by atoms with E-state index in [1.54, 1.807) is 31.9 Å². The van der Waals surface area contributed by atoms with Crippen molar-refractivity contribution in [3.05, 3.63) is 59.1 Å². The van der Waals surface area contributed by atoms with Crippen molar-refractivity contribution in [2.45, 2.75) is 32.6 Å². The van der Waals surface area contributed by atoms with Crippen molar-refractivity contribution in [2.24, 2.45) is 5.92 Å². The van der Waals surface area contributed by atoms with Gasteiger partial charge in [0.15, 0.2) is 0 Å². The minimum absolute atomic E-state index is 0.185. The number of hydrogen-bond acceptors (Lipinski definition) is 6. The summed E-state index contributed by atoms with van der Waals surface area (Å²) in [6.45, 7) is 4.11. The number of pyridine rings is 1. The molecule has 4 rings (SSSR count). The highest BCUT2D eigenvalue weighted by atomic mass is 32.1. The van der Waals surface area contributed by atoms with Gasteiger partial charge in [-0.3, -0.25) is 14.6 Å². The third-order valence-electron chi connectivity index (χ3n) is 6.29. The lowest BCUT2D eigenvalue weighted by Gasteiger charge is -2.34. The Hall–Kier alpha value is -3.33. The summed E-state index contributed by atoms with van der Waals surface area (Å²) in [5.41, 5.74) is 2.31. The SMILES string of the molecule is CCCC1CCN(c2ccncc2NC(=O)c2csc(-c3cc(C(=O)N(C)C)ccc3F)n2)CC1. The fourth-order valence-corrected chi connectivity index (χ4v) is 5.22. The van der Waals surface area contributed by atoms with Crippen molar-refractivity contribution < 1.29 is 14.0 Å². The maximum absolute atomic E-state index is 14.5. The lowest BCUT2D eigenvalue weighted by Crippen LogP contribution is -2.34. The van der Waals surface area contributed by atoms with Crippen LogP contribution in [-0.4, -0.2) is 53.9 Å². The second kappa shape index (κ2) is 10.9. The van der Waals surface area contributed by atoms with E-state index in [0.717, 1.165) is 48.9 Å². The molecule has 0 unspecified atom stereocenters. The number of carbonyl (C=O) groups is 2. The van der Waals surface area contributed by atoms with Gasteiger partial charge in [-0.1, -0.05) is 19.8 Å². The molecule has 35 heavy (non-hydrogen) atoms. The molecule has 1 aliphatic rings. The first-order valence-electron chi connectivity index (χ1n) is 11.8. The van der Waals surface area contributed by atoms with E-state index in [0.29, 0.717) is 16.3 Å². The molecule has 1 aliphatic heterocycles. The monoisotopic (exact) mass is 495 g/mol. The maximum Gasteiger partial charge on any atom is 0.275 e. The zero-order valence-corrected chi connectivity index (χ0v) is 21.1. The smallest absolute Gasteiger partial charge is 0.275 e. The number of halogens is 1. The molecule has 0 saturated carbocycles. The van der Waals surface area contributed by atoms with Crippen LogP contribution in [-0.2, 0) is 0 Å². The van der Waals surface area contributed by atoms with Gasteiger partial charge < -0.3 is 15.1 Å². The maximum atomic E-state index is 14.5. The van der Waals surface area contributed by atoms with E-state index in [2.05, 4.69) is 27.1 Å². The van der Waals surface area contributed by atoms with Crippen molar-refractivity contribution in [2.75, 3.05) is 37.4 Å². The minimum Gasteiger partial charge on any atom is -0.370 e. The van der Waals surface area contributed by atoms with E-state index in [4.69, 9.17) is 0 Å². The Morgan fingerprint density at radius 2 is 2.00 bits per heavy atom. The Morgan fingerprint density at radius 3 is 2.71 bits per heavy atom. The van der Waals surface area contributed by atoms with Crippen molar-refractivity contribution in [1.82, 2.24) is 14.9 Å². The summed E-state index contributed by atoms with van der Waals surface area (Å²) in [5.74, 6) is -0.355. The van der Waals surface area contributed by atoms with Crippen LogP contribution in [0.2, 0.25) is 0 Å². The zero-order chi connectivity index (χ0) is 24.9. The van der Waals surface area contributed by atoms with Crippen LogP contribution in [0.25, 0.3) is 10.6 Å². The number of thiazole rings is 1. The molecule has 0 spiro atoms. The Balaban J connectivity index is 1.50. The predicted octanol–water partition coefficient (Wildman–Crippen LogP) is 5.31. The van der Waals surface area contributed by atoms with Gasteiger partial charge in [-0.2, -0.15) is 0 Å². The average Bonchev–Trinajstić information content (AvgIpc) is 3.35. The molecule has 1 fully saturated rings. The molecule has 0 bridgehead atoms. The normalized spacial score (nSPS) is 14.1. The molecule has 2 aromatic heterocycles. The standard InChI is InChI=1S/C26H30FN5O2S/c1-4-5-17-9-12-32(13-10-17)23-8-11-28-15-21(23)29-24(33)22-16-35-25(30-22)19-14-18(6-7-20(19)27)26(34)31(2)3/h6-8,11,14-17H,4-5,9-10,12-13H2,1-3H3,(H,29,33). The molecular formula is C26H30FN5O2S. The van der Waals surface area contributed by atoms with Crippen LogP contribution in [0, 0.1) is 11.7 Å². The van der Waals surface area contributed by atoms with E-state index >= 15 is 0 Å². The van der Waals surface area contributed by atoms with Crippen LogP contribution in [0.4, 0.5) is 15.8 Å². The first kappa shape index (κ1) is 24.8. The number of benzene rings is 1. The van der Waals surface area contributed by atoms with Gasteiger partial charge >= 0.3 is 0 Å². The van der Waals surface area contributed by atoms with Crippen molar-refractivity contribution in [3.8, 4) is 10.6 Å². The van der Waals surface area contributed by atoms with Crippen molar-refractivity contribution in [1.29, 1.82) is 0 Å². The van der Waals surface area contributed by atoms with Crippen molar-refractivity contribution in [3.63, 3.8) is 0 Å². The Labute approximate surface area is 209 Å². The van der Waals surface area contributed by atoms with Gasteiger partial charge in [0, 0.05) is 49.9 Å². The third-order valence-corrected chi connectivity index (χ3v) is 7.16. The number of amides is 2. The van der Waals surface area contributed by atoms with Gasteiger partial charge in [-0.05, 0) is 43.0 Å². The molecule has 3 aromatic rings. The summed E-state index contributed by atoms with van der Waals surface area (Å²) in [4.78, 5) is 37.6. The Bertz CT molecular complexity index is 1200. The molecule has 0 atom stereocenters. The van der Waals surface area contributed by atoms with E-state index in [1.807, 2.05) is 6.07 Å². The quantitative estimate of drug-likeness (QED) is 0.480. The van der Waals surface area contributed by atoms with Gasteiger partial charge in [-0.15, -0.1) is 11.3 Å². The molecule has 2 amide bonds. The number of nitrogens with zero attached hydrogens (tertiary/aromatic N) is 4. The second-order valence-electron chi connectivity index (χ2n) is 9.00. The molecule has 0 aliphatic carbocycles. The fourth-order valence-electron chi connectivity index (χ4n) is 4.40. The molecule has 1 aromatic carbocycles. The van der Waals surface area contributed by atoms with E-state index in [-0.39, 0.29) is 23.1 Å². The first-order valence-corrected chi connectivity index (χ1v) is 12.7. The second-order valence-corrected chi connectivity index (χ2v) is 9.86. The molecule has 0 radical (unpaired) electrons. The number of carbonyl (C=O) groups excluding carboxylic acids is 2. The summed E-state index contributed by atoms with van der Waals surface area (Å²) in [7, 11) is 3.27. The fraction of sp³-hybridized carbons (Fsp3) is 0.385. The summed E-state index contributed by atoms with van der Waals surface area (Å²) in [6, 6.07) is 6.08. The van der Waals surface area contributed by atoms with Crippen LogP contribution >= 0.6 is 11.3 Å². The molecular weight excluding hydrogens is 465 g/mol. The Kier molecular flexibility index (Phi) is 7.75. The summed E-state index contributed by atoms with van der Waals surface area (Å²) < 4.78 is 14.5. The van der Waals surface area contributed by atoms with Crippen LogP contribution in [0.1, 0.15) is 53.5 Å². The molecule has 3 heterocycles. The highest BCUT2D eigenvalue weighted by molar-refractivity contribution is 7.13. The van der Waals surface area contributed by atoms with Crippen LogP contribution in [0.15, 0.2) is 42.0 Å². The van der Waals surface area contributed by atoms with E-state index in [9.17, 15) is 14.0 Å². The van der Waals surface area contributed by atoms with E-state index in [1.165, 1.54) is 35.9 Å². The molecule has 1 N–H and O–H groups in total. The van der Waals surface area contributed by atoms with Gasteiger partial charge in [0.1, 0.15) is 16.5 Å². The largest absolute Gasteiger partial charge is 0.370 e. The third kappa shape index (κ3) is 5.67. The molecule has 1 saturated heterocycles. The van der Waals surface area contributed by atoms with Gasteiger partial charge in [-0.25, -0.2) is 9.37 Å². The van der Waals surface area contributed by atoms with E-state index < -0.39 is 5.82 Å². The lowest BCUT2D eigenvalue weighted by molar-refractivity contribution is 0.0827. The van der Waals surface area contributed by atoms with Gasteiger partial charge in [0.25, 0.3) is 11.8 Å². The van der Waals surface area contributed by atoms with Crippen LogP contribution in [0.5, 0.6) is 0 Å². The first-order chi connectivity index (χ1) is 16.9. The van der Waals surface area contributed by atoms with Gasteiger partial charge in [0.2, 0.25) is 0 Å². The predicted molar refractivity (Wildman–Crippen MR) is 138 cm³/mol. The molecule has 9 heteroatoms. The topological polar surface area (TPSA) is 78.4 Å². The molecule has 7 nitrogen and oxygen atoms in total. The number of rotatable bonds is 7. The number of piperidine rings is 1. The van der Waals surface area contributed by atoms with Gasteiger partial charge in [0.05, 0.1) is 17.6 Å². The number of nitrogens with one attached hydrogen (secondary N) is 1. The summed E-state index contributed by atoms with van der Waals surface area (Å²) >= 11 is 1.16. The Morgan fingerprint density at radius 1 is 1.23 bits per heavy atom. The van der Waals surface area contributed by atoms with Crippen molar-refractivity contribution >= 4 is 34.5 Å². The number of anilines is 2. The minimum atomic E-state index is -0.498. The number of aromatic nitrogens is 2. The lowest BCUT2D eigenvalue weighted by atomic mass is 9.92. The summed E-state index contributed by atoms with van der Waals surface area (Å²) in [6.07, 6.45) is 8.12. The van der Waals surface area contributed by atoms with Crippen LogP contribution in [0.3, 0.4) is 0 Å². The number of hydrogen-bond donors (Lipinski definition) is 1. The highest BCUT2D eigenvalue weighted by Crippen LogP contribution is 2.32. The highest BCUT2D eigenvalue weighted by Gasteiger charge is 2.22. The average molecular weight is 496 g/mol. The molecule has 184 valence electrons. The van der Waals surface area contributed by atoms with Crippen LogP contribution < -0.4 is 10.2 Å². The summed E-state index contributed by atoms with van der Waals surface area (Å²) in [5, 5.41) is 4.86.